The summed E-state index contributed by atoms with van der Waals surface area (Å²) in [5.74, 6) is 3.84. The van der Waals surface area contributed by atoms with Crippen LogP contribution >= 0.6 is 11.6 Å². The fourth-order valence-corrected chi connectivity index (χ4v) is 2.03. The number of hydrogen-bond acceptors (Lipinski definition) is 1. The van der Waals surface area contributed by atoms with E-state index in [4.69, 9.17) is 22.8 Å². The molecule has 0 fully saturated rings. The summed E-state index contributed by atoms with van der Waals surface area (Å²) in [4.78, 5) is 0. The zero-order valence-corrected chi connectivity index (χ0v) is 11.7. The van der Waals surface area contributed by atoms with Crippen LogP contribution in [-0.2, 0) is 6.42 Å². The average Bonchev–Trinajstić information content (AvgIpc) is 2.31. The number of rotatable bonds is 4. The number of hydrogen-bond donors (Lipinski definition) is 0. The van der Waals surface area contributed by atoms with Crippen LogP contribution in [0, 0.1) is 32.1 Å². The maximum Gasteiger partial charge on any atom is 0.123 e. The molecule has 0 saturated heterocycles. The molecule has 92 valence electrons. The van der Waals surface area contributed by atoms with Crippen LogP contribution in [0.5, 0.6) is 5.75 Å². The summed E-state index contributed by atoms with van der Waals surface area (Å²) < 4.78 is 5.67. The quantitative estimate of drug-likeness (QED) is 0.729. The zero-order valence-electron chi connectivity index (χ0n) is 10.9. The summed E-state index contributed by atoms with van der Waals surface area (Å²) in [6.07, 6.45) is 6.24. The maximum atomic E-state index is 6.27. The normalized spacial score (nSPS) is 12.0. The van der Waals surface area contributed by atoms with E-state index in [1.807, 2.05) is 33.8 Å². The van der Waals surface area contributed by atoms with Crippen LogP contribution in [0.15, 0.2) is 6.07 Å². The predicted molar refractivity (Wildman–Crippen MR) is 73.8 cm³/mol. The Morgan fingerprint density at radius 3 is 2.65 bits per heavy atom. The highest BCUT2D eigenvalue weighted by Gasteiger charge is 2.14. The van der Waals surface area contributed by atoms with Crippen LogP contribution in [0.1, 0.15) is 30.5 Å². The van der Waals surface area contributed by atoms with Gasteiger partial charge in [0.25, 0.3) is 0 Å². The molecule has 0 spiro atoms. The minimum atomic E-state index is 0.187. The highest BCUT2D eigenvalue weighted by Crippen LogP contribution is 2.33. The standard InChI is InChI=1S/C15H19ClO/c1-6-10(3)8-13-12(5)15(16)11(4)9-14(13)17-7-2/h1,9-10H,7-8H2,2-5H3. The molecule has 0 saturated carbocycles. The number of terminal acetylenes is 1. The van der Waals surface area contributed by atoms with Gasteiger partial charge in [-0.3, -0.25) is 0 Å². The fourth-order valence-electron chi connectivity index (χ4n) is 1.86. The van der Waals surface area contributed by atoms with Gasteiger partial charge in [-0.25, -0.2) is 0 Å². The Hall–Kier alpha value is -1.13. The Labute approximate surface area is 109 Å². The van der Waals surface area contributed by atoms with Crippen molar-refractivity contribution in [1.29, 1.82) is 0 Å². The third kappa shape index (κ3) is 3.17. The molecule has 0 aliphatic carbocycles. The molecule has 0 N–H and O–H groups in total. The summed E-state index contributed by atoms with van der Waals surface area (Å²) in [5, 5.41) is 0.813. The van der Waals surface area contributed by atoms with Crippen molar-refractivity contribution < 1.29 is 4.74 Å². The van der Waals surface area contributed by atoms with Crippen molar-refractivity contribution in [3.63, 3.8) is 0 Å². The second-order valence-electron chi connectivity index (χ2n) is 4.31. The van der Waals surface area contributed by atoms with Gasteiger partial charge in [-0.2, -0.15) is 0 Å². The SMILES string of the molecule is C#CC(C)Cc1c(OCC)cc(C)c(Cl)c1C. The van der Waals surface area contributed by atoms with Gasteiger partial charge in [0, 0.05) is 10.9 Å². The second-order valence-corrected chi connectivity index (χ2v) is 4.69. The first-order valence-electron chi connectivity index (χ1n) is 5.88. The van der Waals surface area contributed by atoms with E-state index in [1.54, 1.807) is 0 Å². The summed E-state index contributed by atoms with van der Waals surface area (Å²) in [7, 11) is 0. The molecular formula is C15H19ClO. The molecule has 1 rings (SSSR count). The summed E-state index contributed by atoms with van der Waals surface area (Å²) >= 11 is 6.27. The van der Waals surface area contributed by atoms with Crippen molar-refractivity contribution in [2.24, 2.45) is 5.92 Å². The molecule has 1 atom stereocenters. The Kier molecular flexibility index (Phi) is 4.90. The first-order valence-corrected chi connectivity index (χ1v) is 6.26. The number of ether oxygens (including phenoxy) is 1. The van der Waals surface area contributed by atoms with Crippen LogP contribution in [0.2, 0.25) is 5.02 Å². The third-order valence-electron chi connectivity index (χ3n) is 2.87. The molecule has 2 heteroatoms. The van der Waals surface area contributed by atoms with Crippen LogP contribution in [0.3, 0.4) is 0 Å². The van der Waals surface area contributed by atoms with Crippen molar-refractivity contribution in [1.82, 2.24) is 0 Å². The maximum absolute atomic E-state index is 6.27. The lowest BCUT2D eigenvalue weighted by Crippen LogP contribution is -2.05. The molecule has 1 unspecified atom stereocenters. The van der Waals surface area contributed by atoms with E-state index in [0.717, 1.165) is 33.9 Å². The number of benzene rings is 1. The lowest BCUT2D eigenvalue weighted by atomic mass is 9.95. The third-order valence-corrected chi connectivity index (χ3v) is 3.45. The lowest BCUT2D eigenvalue weighted by Gasteiger charge is -2.17. The van der Waals surface area contributed by atoms with Crippen molar-refractivity contribution in [3.8, 4) is 18.1 Å². The van der Waals surface area contributed by atoms with Crippen LogP contribution < -0.4 is 4.74 Å². The molecule has 0 radical (unpaired) electrons. The van der Waals surface area contributed by atoms with E-state index < -0.39 is 0 Å². The Bertz CT molecular complexity index is 443. The van der Waals surface area contributed by atoms with Crippen molar-refractivity contribution >= 4 is 11.6 Å². The molecular weight excluding hydrogens is 232 g/mol. The Morgan fingerprint density at radius 2 is 2.12 bits per heavy atom. The van der Waals surface area contributed by atoms with E-state index in [0.29, 0.717) is 6.61 Å². The zero-order chi connectivity index (χ0) is 13.0. The van der Waals surface area contributed by atoms with Gasteiger partial charge in [-0.1, -0.05) is 18.5 Å². The van der Waals surface area contributed by atoms with Crippen LogP contribution in [0.4, 0.5) is 0 Å². The van der Waals surface area contributed by atoms with E-state index in [-0.39, 0.29) is 5.92 Å². The predicted octanol–water partition coefficient (Wildman–Crippen LogP) is 4.17. The van der Waals surface area contributed by atoms with Gasteiger partial charge >= 0.3 is 0 Å². The first-order chi connectivity index (χ1) is 8.01. The largest absolute Gasteiger partial charge is 0.494 e. The molecule has 1 aromatic rings. The number of halogens is 1. The average molecular weight is 251 g/mol. The smallest absolute Gasteiger partial charge is 0.123 e. The Morgan fingerprint density at radius 1 is 1.47 bits per heavy atom. The van der Waals surface area contributed by atoms with Crippen molar-refractivity contribution in [3.05, 3.63) is 27.8 Å². The van der Waals surface area contributed by atoms with Gasteiger partial charge in [-0.05, 0) is 49.9 Å². The second kappa shape index (κ2) is 5.98. The molecule has 0 aliphatic heterocycles. The van der Waals surface area contributed by atoms with Gasteiger partial charge in [0.05, 0.1) is 6.61 Å². The molecule has 0 aromatic heterocycles. The summed E-state index contributed by atoms with van der Waals surface area (Å²) in [5.41, 5.74) is 3.26. The first kappa shape index (κ1) is 13.9. The highest BCUT2D eigenvalue weighted by molar-refractivity contribution is 6.32. The van der Waals surface area contributed by atoms with Crippen LogP contribution in [0.25, 0.3) is 0 Å². The van der Waals surface area contributed by atoms with E-state index in [9.17, 15) is 0 Å². The summed E-state index contributed by atoms with van der Waals surface area (Å²) in [6, 6.07) is 2.00. The van der Waals surface area contributed by atoms with E-state index >= 15 is 0 Å². The van der Waals surface area contributed by atoms with Gasteiger partial charge < -0.3 is 4.74 Å². The fraction of sp³-hybridized carbons (Fsp3) is 0.467. The minimum absolute atomic E-state index is 0.187. The van der Waals surface area contributed by atoms with Crippen LogP contribution in [-0.4, -0.2) is 6.61 Å². The molecule has 1 aromatic carbocycles. The monoisotopic (exact) mass is 250 g/mol. The molecule has 0 bridgehead atoms. The van der Waals surface area contributed by atoms with E-state index in [1.165, 1.54) is 0 Å². The summed E-state index contributed by atoms with van der Waals surface area (Å²) in [6.45, 7) is 8.68. The van der Waals surface area contributed by atoms with Crippen molar-refractivity contribution in [2.75, 3.05) is 6.61 Å². The highest BCUT2D eigenvalue weighted by atomic mass is 35.5. The van der Waals surface area contributed by atoms with Crippen molar-refractivity contribution in [2.45, 2.75) is 34.1 Å². The minimum Gasteiger partial charge on any atom is -0.494 e. The Balaban J connectivity index is 3.24. The molecule has 0 heterocycles. The van der Waals surface area contributed by atoms with Gasteiger partial charge in [0.2, 0.25) is 0 Å². The lowest BCUT2D eigenvalue weighted by molar-refractivity contribution is 0.335. The molecule has 1 nitrogen and oxygen atoms in total. The number of aryl methyl sites for hydroxylation is 1. The topological polar surface area (TPSA) is 9.23 Å². The van der Waals surface area contributed by atoms with Gasteiger partial charge in [-0.15, -0.1) is 12.3 Å². The van der Waals surface area contributed by atoms with Gasteiger partial charge in [0.1, 0.15) is 5.75 Å². The van der Waals surface area contributed by atoms with Gasteiger partial charge in [0.15, 0.2) is 0 Å². The molecule has 0 amide bonds. The molecule has 0 aliphatic rings. The molecule has 17 heavy (non-hydrogen) atoms. The van der Waals surface area contributed by atoms with E-state index in [2.05, 4.69) is 5.92 Å².